The Morgan fingerprint density at radius 3 is 1.11 bits per heavy atom. The summed E-state index contributed by atoms with van der Waals surface area (Å²) in [5.41, 5.74) is 0. The van der Waals surface area contributed by atoms with Crippen LogP contribution in [0.15, 0.2) is 97.2 Å². The van der Waals surface area contributed by atoms with Gasteiger partial charge in [0.05, 0.1) is 39.9 Å². The highest BCUT2D eigenvalue weighted by Crippen LogP contribution is 2.38. The first-order chi connectivity index (χ1) is 41.0. The van der Waals surface area contributed by atoms with E-state index >= 15 is 0 Å². The molecule has 0 radical (unpaired) electrons. The zero-order chi connectivity index (χ0) is 61.2. The van der Waals surface area contributed by atoms with Crippen LogP contribution in [-0.2, 0) is 18.4 Å². The van der Waals surface area contributed by atoms with Gasteiger partial charge in [0.1, 0.15) is 13.2 Å². The fourth-order valence-corrected chi connectivity index (χ4v) is 11.0. The third-order valence-electron chi connectivity index (χ3n) is 15.8. The van der Waals surface area contributed by atoms with Crippen molar-refractivity contribution in [2.45, 2.75) is 334 Å². The van der Waals surface area contributed by atoms with Crippen molar-refractivity contribution in [3.63, 3.8) is 0 Å². The number of hydrogen-bond donors (Lipinski definition) is 2. The highest BCUT2D eigenvalue weighted by molar-refractivity contribution is 7.45. The van der Waals surface area contributed by atoms with Crippen LogP contribution in [0, 0.1) is 0 Å². The van der Waals surface area contributed by atoms with Crippen LogP contribution in [0.1, 0.15) is 322 Å². The Morgan fingerprint density at radius 1 is 0.429 bits per heavy atom. The molecule has 3 unspecified atom stereocenters. The maximum absolute atomic E-state index is 13.0. The van der Waals surface area contributed by atoms with Crippen LogP contribution in [0.3, 0.4) is 0 Å². The standard InChI is InChI=1S/C75H137N2O6P/c1-6-8-10-12-14-16-18-20-22-24-26-28-30-32-34-35-36-37-38-39-40-41-43-45-47-49-51-53-55-57-59-61-63-65-67-69-75(79)76-73(72-83-84(80,81)82-71-70-77(3,4)5)74(78)68-66-64-62-60-58-56-54-52-50-48-46-44-42-33-31-29-27-25-23-21-19-17-15-13-11-9-7-2/h8,10,14,16,20,22,26,28,32,34,50,52,58,60,66,68,73-74,78H,6-7,9,11-13,15,17-19,21,23-25,27,29-31,33,35-49,51,53-57,59,61-65,67,69-72H2,1-5H3,(H-,76,79,80,81)/b10-8-,16-14-,22-20-,28-26-,34-32-,52-50+,60-58+,68-66+. The van der Waals surface area contributed by atoms with Crippen molar-refractivity contribution >= 4 is 13.7 Å². The Kier molecular flexibility index (Phi) is 62.9. The van der Waals surface area contributed by atoms with Gasteiger partial charge in [-0.05, 0) is 89.9 Å². The summed E-state index contributed by atoms with van der Waals surface area (Å²) >= 11 is 0. The molecule has 0 aromatic heterocycles. The number of carbonyl (C=O) groups is 1. The second kappa shape index (κ2) is 64.9. The van der Waals surface area contributed by atoms with E-state index in [2.05, 4.69) is 104 Å². The monoisotopic (exact) mass is 1190 g/mol. The van der Waals surface area contributed by atoms with E-state index in [1.807, 2.05) is 27.2 Å². The topological polar surface area (TPSA) is 108 Å². The van der Waals surface area contributed by atoms with Gasteiger partial charge in [-0.3, -0.25) is 9.36 Å². The third-order valence-corrected chi connectivity index (χ3v) is 16.7. The molecular weight excluding hydrogens is 1060 g/mol. The van der Waals surface area contributed by atoms with E-state index in [-0.39, 0.29) is 12.5 Å². The molecule has 8 nitrogen and oxygen atoms in total. The molecule has 0 fully saturated rings. The summed E-state index contributed by atoms with van der Waals surface area (Å²) in [6.07, 6.45) is 94.0. The summed E-state index contributed by atoms with van der Waals surface area (Å²) in [6, 6.07) is -0.915. The summed E-state index contributed by atoms with van der Waals surface area (Å²) in [7, 11) is 1.24. The van der Waals surface area contributed by atoms with E-state index in [0.717, 1.165) is 77.0 Å². The van der Waals surface area contributed by atoms with Gasteiger partial charge in [0, 0.05) is 6.42 Å². The molecule has 0 bridgehead atoms. The summed E-state index contributed by atoms with van der Waals surface area (Å²) in [6.45, 7) is 4.54. The van der Waals surface area contributed by atoms with Gasteiger partial charge in [-0.1, -0.05) is 323 Å². The van der Waals surface area contributed by atoms with Gasteiger partial charge in [-0.2, -0.15) is 0 Å². The second-order valence-corrected chi connectivity index (χ2v) is 26.6. The van der Waals surface area contributed by atoms with Gasteiger partial charge in [0.15, 0.2) is 0 Å². The minimum Gasteiger partial charge on any atom is -0.756 e. The van der Waals surface area contributed by atoms with Crippen LogP contribution in [0.5, 0.6) is 0 Å². The molecule has 0 saturated heterocycles. The van der Waals surface area contributed by atoms with Crippen molar-refractivity contribution < 1.29 is 32.9 Å². The van der Waals surface area contributed by atoms with Gasteiger partial charge in [0.25, 0.3) is 7.82 Å². The van der Waals surface area contributed by atoms with Gasteiger partial charge < -0.3 is 28.8 Å². The van der Waals surface area contributed by atoms with Crippen molar-refractivity contribution in [1.29, 1.82) is 0 Å². The van der Waals surface area contributed by atoms with E-state index in [4.69, 9.17) is 9.05 Å². The predicted octanol–water partition coefficient (Wildman–Crippen LogP) is 22.3. The van der Waals surface area contributed by atoms with E-state index in [0.29, 0.717) is 17.4 Å². The molecular formula is C75H137N2O6P. The Hall–Kier alpha value is -2.58. The lowest BCUT2D eigenvalue weighted by Gasteiger charge is -2.29. The number of likely N-dealkylation sites (N-methyl/N-ethyl adjacent to an activating group) is 1. The fraction of sp³-hybridized carbons (Fsp3) is 0.773. The quantitative estimate of drug-likeness (QED) is 0.0272. The zero-order valence-electron chi connectivity index (χ0n) is 55.8. The Bertz CT molecular complexity index is 1690. The van der Waals surface area contributed by atoms with Crippen molar-refractivity contribution in [2.24, 2.45) is 0 Å². The number of phosphoric ester groups is 1. The van der Waals surface area contributed by atoms with Gasteiger partial charge in [0.2, 0.25) is 5.91 Å². The lowest BCUT2D eigenvalue weighted by Crippen LogP contribution is -2.45. The number of allylic oxidation sites excluding steroid dienone is 15. The predicted molar refractivity (Wildman–Crippen MR) is 366 cm³/mol. The molecule has 84 heavy (non-hydrogen) atoms. The molecule has 0 rings (SSSR count). The number of aliphatic hydroxyl groups is 1. The normalized spacial score (nSPS) is 14.2. The van der Waals surface area contributed by atoms with E-state index in [1.54, 1.807) is 6.08 Å². The summed E-state index contributed by atoms with van der Waals surface area (Å²) in [5, 5.41) is 13.9. The molecule has 9 heteroatoms. The molecule has 0 heterocycles. The summed E-state index contributed by atoms with van der Waals surface area (Å²) in [5.74, 6) is -0.209. The molecule has 0 aromatic rings. The average Bonchev–Trinajstić information content (AvgIpc) is 3.56. The number of aliphatic hydroxyl groups excluding tert-OH is 1. The van der Waals surface area contributed by atoms with E-state index in [9.17, 15) is 19.4 Å². The largest absolute Gasteiger partial charge is 0.756 e. The van der Waals surface area contributed by atoms with Crippen LogP contribution < -0.4 is 10.2 Å². The Morgan fingerprint density at radius 2 is 0.738 bits per heavy atom. The number of unbranched alkanes of at least 4 members (excludes halogenated alkanes) is 38. The smallest absolute Gasteiger partial charge is 0.268 e. The van der Waals surface area contributed by atoms with Gasteiger partial charge in [-0.15, -0.1) is 0 Å². The fourth-order valence-electron chi connectivity index (χ4n) is 10.3. The SMILES string of the molecule is CC/C=C\C/C=C\C/C=C\C/C=C\C/C=C\CCCCCCCCCCCCCCCCCCCCCC(=O)NC(COP(=O)([O-])OCC[N+](C)(C)C)C(O)/C=C/CC/C=C/CC/C=C/CCCCCCCCCCCCCCCCCCC. The van der Waals surface area contributed by atoms with Crippen molar-refractivity contribution in [3.8, 4) is 0 Å². The molecule has 0 aliphatic rings. The molecule has 0 aliphatic heterocycles. The van der Waals surface area contributed by atoms with E-state index in [1.165, 1.54) is 225 Å². The maximum Gasteiger partial charge on any atom is 0.268 e. The number of nitrogens with zero attached hydrogens (tertiary/aromatic N) is 1. The first-order valence-corrected chi connectivity index (χ1v) is 37.1. The van der Waals surface area contributed by atoms with Crippen LogP contribution in [-0.4, -0.2) is 68.5 Å². The molecule has 488 valence electrons. The van der Waals surface area contributed by atoms with Crippen LogP contribution >= 0.6 is 7.82 Å². The zero-order valence-corrected chi connectivity index (χ0v) is 56.7. The highest BCUT2D eigenvalue weighted by Gasteiger charge is 2.23. The van der Waals surface area contributed by atoms with Crippen LogP contribution in [0.4, 0.5) is 0 Å². The minimum atomic E-state index is -4.62. The number of rotatable bonds is 65. The van der Waals surface area contributed by atoms with Gasteiger partial charge in [-0.25, -0.2) is 0 Å². The molecule has 3 atom stereocenters. The number of amides is 1. The highest BCUT2D eigenvalue weighted by atomic mass is 31.2. The van der Waals surface area contributed by atoms with Crippen molar-refractivity contribution in [2.75, 3.05) is 40.9 Å². The molecule has 2 N–H and O–H groups in total. The molecule has 0 aliphatic carbocycles. The van der Waals surface area contributed by atoms with Crippen molar-refractivity contribution in [1.82, 2.24) is 5.32 Å². The number of nitrogens with one attached hydrogen (secondary N) is 1. The lowest BCUT2D eigenvalue weighted by atomic mass is 10.0. The molecule has 0 aromatic carbocycles. The van der Waals surface area contributed by atoms with Gasteiger partial charge >= 0.3 is 0 Å². The Balaban J connectivity index is 4.10. The summed E-state index contributed by atoms with van der Waals surface area (Å²) in [4.78, 5) is 25.6. The Labute approximate surface area is 521 Å². The minimum absolute atomic E-state index is 0.0109. The number of quaternary nitrogens is 1. The average molecular weight is 1190 g/mol. The third kappa shape index (κ3) is 66.9. The van der Waals surface area contributed by atoms with Crippen LogP contribution in [0.25, 0.3) is 0 Å². The number of phosphoric acid groups is 1. The second-order valence-electron chi connectivity index (χ2n) is 25.2. The van der Waals surface area contributed by atoms with E-state index < -0.39 is 26.6 Å². The first-order valence-electron chi connectivity index (χ1n) is 35.6. The number of carbonyl (C=O) groups excluding carboxylic acids is 1. The molecule has 1 amide bonds. The van der Waals surface area contributed by atoms with Crippen LogP contribution in [0.2, 0.25) is 0 Å². The molecule has 0 spiro atoms. The van der Waals surface area contributed by atoms with Crippen molar-refractivity contribution in [3.05, 3.63) is 97.2 Å². The summed E-state index contributed by atoms with van der Waals surface area (Å²) < 4.78 is 23.4. The maximum atomic E-state index is 13.0. The number of hydrogen-bond acceptors (Lipinski definition) is 6. The molecule has 0 saturated carbocycles. The lowest BCUT2D eigenvalue weighted by molar-refractivity contribution is -0.870. The first kappa shape index (κ1) is 81.4.